The third-order valence-electron chi connectivity index (χ3n) is 3.63. The molecule has 0 unspecified atom stereocenters. The van der Waals surface area contributed by atoms with Gasteiger partial charge in [0.2, 0.25) is 5.91 Å². The molecule has 1 aliphatic heterocycles. The van der Waals surface area contributed by atoms with E-state index in [1.54, 1.807) is 12.1 Å². The predicted molar refractivity (Wildman–Crippen MR) is 89.1 cm³/mol. The molecule has 0 atom stereocenters. The summed E-state index contributed by atoms with van der Waals surface area (Å²) in [5.41, 5.74) is 0.110. The Kier molecular flexibility index (Phi) is 4.78. The Morgan fingerprint density at radius 3 is 2.50 bits per heavy atom. The summed E-state index contributed by atoms with van der Waals surface area (Å²) in [6, 6.07) is 10.7. The molecule has 0 spiro atoms. The molecule has 0 bridgehead atoms. The maximum atomic E-state index is 13.1. The molecule has 2 aromatic carbocycles. The maximum absolute atomic E-state index is 13.1. The molecule has 1 amide bonds. The topological polar surface area (TPSA) is 20.3 Å². The number of fused-ring (bicyclic) bond motifs is 2. The summed E-state index contributed by atoms with van der Waals surface area (Å²) in [5.74, 6) is 0.0646. The first-order chi connectivity index (χ1) is 11.4. The number of para-hydroxylation sites is 1. The molecular weight excluding hydrogens is 359 g/mol. The molecule has 1 aliphatic rings. The first-order valence-corrected chi connectivity index (χ1v) is 8.64. The van der Waals surface area contributed by atoms with Crippen molar-refractivity contribution in [1.29, 1.82) is 0 Å². The van der Waals surface area contributed by atoms with Crippen LogP contribution in [0.2, 0.25) is 0 Å². The van der Waals surface area contributed by atoms with Gasteiger partial charge in [-0.2, -0.15) is 13.2 Å². The van der Waals surface area contributed by atoms with E-state index < -0.39 is 11.7 Å². The van der Waals surface area contributed by atoms with Crippen molar-refractivity contribution < 1.29 is 18.0 Å². The van der Waals surface area contributed by atoms with E-state index >= 15 is 0 Å². The molecule has 2 aromatic rings. The van der Waals surface area contributed by atoms with Gasteiger partial charge >= 0.3 is 6.18 Å². The number of amides is 1. The molecule has 1 heterocycles. The van der Waals surface area contributed by atoms with Gasteiger partial charge in [-0.1, -0.05) is 23.9 Å². The third-order valence-corrected chi connectivity index (χ3v) is 5.02. The van der Waals surface area contributed by atoms with Crippen molar-refractivity contribution in [2.24, 2.45) is 0 Å². The van der Waals surface area contributed by atoms with E-state index in [0.717, 1.165) is 17.0 Å². The SMILES string of the molecule is O=C(CCCCl)N1c2ccccc2Sc2ccc(C(F)(F)F)cc21. The number of halogens is 4. The summed E-state index contributed by atoms with van der Waals surface area (Å²) in [7, 11) is 0. The first-order valence-electron chi connectivity index (χ1n) is 7.29. The molecule has 0 saturated carbocycles. The van der Waals surface area contributed by atoms with Gasteiger partial charge in [-0.15, -0.1) is 11.6 Å². The Bertz CT molecular complexity index is 779. The van der Waals surface area contributed by atoms with Crippen molar-refractivity contribution in [3.8, 4) is 0 Å². The van der Waals surface area contributed by atoms with E-state index in [1.807, 2.05) is 12.1 Å². The predicted octanol–water partition coefficient (Wildman–Crippen LogP) is 5.85. The zero-order chi connectivity index (χ0) is 17.3. The number of hydrogen-bond donors (Lipinski definition) is 0. The lowest BCUT2D eigenvalue weighted by atomic mass is 10.1. The zero-order valence-electron chi connectivity index (χ0n) is 12.4. The van der Waals surface area contributed by atoms with Crippen LogP contribution >= 0.6 is 23.4 Å². The molecule has 0 saturated heterocycles. The summed E-state index contributed by atoms with van der Waals surface area (Å²) in [6.45, 7) is 0. The minimum Gasteiger partial charge on any atom is -0.279 e. The summed E-state index contributed by atoms with van der Waals surface area (Å²) in [6.07, 6.45) is -3.81. The van der Waals surface area contributed by atoms with E-state index in [-0.39, 0.29) is 18.0 Å². The van der Waals surface area contributed by atoms with Gasteiger partial charge in [0.1, 0.15) is 0 Å². The normalized spacial score (nSPS) is 13.4. The molecular formula is C17H13ClF3NOS. The lowest BCUT2D eigenvalue weighted by Gasteiger charge is -2.31. The van der Waals surface area contributed by atoms with Crippen LogP contribution in [0, 0.1) is 0 Å². The molecule has 0 fully saturated rings. The average Bonchev–Trinajstić information content (AvgIpc) is 2.56. The Hall–Kier alpha value is -1.66. The van der Waals surface area contributed by atoms with E-state index in [0.29, 0.717) is 22.9 Å². The van der Waals surface area contributed by atoms with Crippen LogP contribution in [0.3, 0.4) is 0 Å². The average molecular weight is 372 g/mol. The van der Waals surface area contributed by atoms with E-state index in [4.69, 9.17) is 11.6 Å². The number of rotatable bonds is 3. The molecule has 0 radical (unpaired) electrons. The number of anilines is 2. The van der Waals surface area contributed by atoms with Gasteiger partial charge in [-0.3, -0.25) is 9.69 Å². The standard InChI is InChI=1S/C17H13ClF3NOS/c18-9-3-6-16(23)22-12-4-1-2-5-14(12)24-15-8-7-11(10-13(15)22)17(19,20)21/h1-2,4-5,7-8,10H,3,6,9H2. The minimum absolute atomic E-state index is 0.179. The summed E-state index contributed by atoms with van der Waals surface area (Å²) >= 11 is 7.01. The highest BCUT2D eigenvalue weighted by molar-refractivity contribution is 7.99. The van der Waals surface area contributed by atoms with Crippen LogP contribution in [-0.4, -0.2) is 11.8 Å². The van der Waals surface area contributed by atoms with Crippen LogP contribution in [0.4, 0.5) is 24.5 Å². The third kappa shape index (κ3) is 3.26. The molecule has 3 rings (SSSR count). The van der Waals surface area contributed by atoms with Crippen molar-refractivity contribution in [3.05, 3.63) is 48.0 Å². The molecule has 0 N–H and O–H groups in total. The second kappa shape index (κ2) is 6.69. The fourth-order valence-corrected chi connectivity index (χ4v) is 3.70. The maximum Gasteiger partial charge on any atom is 0.416 e. The summed E-state index contributed by atoms with van der Waals surface area (Å²) < 4.78 is 39.2. The number of carbonyl (C=O) groups excluding carboxylic acids is 1. The minimum atomic E-state index is -4.46. The number of benzene rings is 2. The highest BCUT2D eigenvalue weighted by Gasteiger charge is 2.34. The smallest absolute Gasteiger partial charge is 0.279 e. The fraction of sp³-hybridized carbons (Fsp3) is 0.235. The van der Waals surface area contributed by atoms with Gasteiger partial charge in [0.15, 0.2) is 0 Å². The molecule has 0 aliphatic carbocycles. The monoisotopic (exact) mass is 371 g/mol. The quantitative estimate of drug-likeness (QED) is 0.630. The Balaban J connectivity index is 2.11. The van der Waals surface area contributed by atoms with Gasteiger partial charge < -0.3 is 0 Å². The van der Waals surface area contributed by atoms with Crippen molar-refractivity contribution in [1.82, 2.24) is 0 Å². The van der Waals surface area contributed by atoms with Crippen molar-refractivity contribution in [2.45, 2.75) is 28.8 Å². The Labute approximate surface area is 146 Å². The van der Waals surface area contributed by atoms with Crippen LogP contribution in [0.5, 0.6) is 0 Å². The lowest BCUT2D eigenvalue weighted by molar-refractivity contribution is -0.137. The summed E-state index contributed by atoms with van der Waals surface area (Å²) in [4.78, 5) is 15.5. The van der Waals surface area contributed by atoms with E-state index in [9.17, 15) is 18.0 Å². The van der Waals surface area contributed by atoms with E-state index in [2.05, 4.69) is 0 Å². The van der Waals surface area contributed by atoms with Gasteiger partial charge in [0, 0.05) is 22.1 Å². The Morgan fingerprint density at radius 1 is 1.08 bits per heavy atom. The second-order valence-electron chi connectivity index (χ2n) is 5.27. The van der Waals surface area contributed by atoms with Gasteiger partial charge in [0.25, 0.3) is 0 Å². The largest absolute Gasteiger partial charge is 0.416 e. The van der Waals surface area contributed by atoms with Gasteiger partial charge in [0.05, 0.1) is 16.9 Å². The van der Waals surface area contributed by atoms with Crippen LogP contribution in [0.1, 0.15) is 18.4 Å². The number of hydrogen-bond acceptors (Lipinski definition) is 2. The molecule has 0 aromatic heterocycles. The van der Waals surface area contributed by atoms with Crippen LogP contribution < -0.4 is 4.90 Å². The molecule has 126 valence electrons. The lowest BCUT2D eigenvalue weighted by Crippen LogP contribution is -2.28. The van der Waals surface area contributed by atoms with Gasteiger partial charge in [-0.05, 0) is 36.8 Å². The molecule has 2 nitrogen and oxygen atoms in total. The van der Waals surface area contributed by atoms with Crippen molar-refractivity contribution in [3.63, 3.8) is 0 Å². The molecule has 24 heavy (non-hydrogen) atoms. The fourth-order valence-electron chi connectivity index (χ4n) is 2.53. The Morgan fingerprint density at radius 2 is 1.79 bits per heavy atom. The number of nitrogens with zero attached hydrogens (tertiary/aromatic N) is 1. The van der Waals surface area contributed by atoms with Crippen molar-refractivity contribution >= 4 is 40.6 Å². The van der Waals surface area contributed by atoms with Crippen LogP contribution in [0.15, 0.2) is 52.3 Å². The van der Waals surface area contributed by atoms with Crippen molar-refractivity contribution in [2.75, 3.05) is 10.8 Å². The molecule has 7 heteroatoms. The highest BCUT2D eigenvalue weighted by atomic mass is 35.5. The highest BCUT2D eigenvalue weighted by Crippen LogP contribution is 2.49. The van der Waals surface area contributed by atoms with Crippen LogP contribution in [0.25, 0.3) is 0 Å². The van der Waals surface area contributed by atoms with Gasteiger partial charge in [-0.25, -0.2) is 0 Å². The number of carbonyl (C=O) groups is 1. The number of alkyl halides is 4. The van der Waals surface area contributed by atoms with Crippen LogP contribution in [-0.2, 0) is 11.0 Å². The zero-order valence-corrected chi connectivity index (χ0v) is 14.0. The second-order valence-corrected chi connectivity index (χ2v) is 6.73. The summed E-state index contributed by atoms with van der Waals surface area (Å²) in [5, 5.41) is 0. The first kappa shape index (κ1) is 17.2. The van der Waals surface area contributed by atoms with E-state index in [1.165, 1.54) is 22.7 Å².